The summed E-state index contributed by atoms with van der Waals surface area (Å²) in [5.74, 6) is -0.243. The van der Waals surface area contributed by atoms with E-state index in [1.807, 2.05) is 0 Å². The molecule has 5 heteroatoms. The van der Waals surface area contributed by atoms with E-state index in [4.69, 9.17) is 15.6 Å². The zero-order chi connectivity index (χ0) is 11.2. The minimum absolute atomic E-state index is 0.0132. The van der Waals surface area contributed by atoms with Gasteiger partial charge in [0.15, 0.2) is 0 Å². The Hall–Kier alpha value is -0.650. The van der Waals surface area contributed by atoms with Crippen LogP contribution in [-0.4, -0.2) is 42.9 Å². The maximum atomic E-state index is 11.5. The van der Waals surface area contributed by atoms with Crippen molar-refractivity contribution in [3.05, 3.63) is 0 Å². The first-order valence-electron chi connectivity index (χ1n) is 4.61. The smallest absolute Gasteiger partial charge is 0.239 e. The average Bonchev–Trinajstić information content (AvgIpc) is 2.03. The van der Waals surface area contributed by atoms with Gasteiger partial charge in [-0.2, -0.15) is 0 Å². The zero-order valence-electron chi connectivity index (χ0n) is 9.04. The molecule has 14 heavy (non-hydrogen) atoms. The van der Waals surface area contributed by atoms with Gasteiger partial charge in [-0.3, -0.25) is 4.79 Å². The van der Waals surface area contributed by atoms with Crippen LogP contribution in [0.15, 0.2) is 0 Å². The van der Waals surface area contributed by atoms with Gasteiger partial charge in [-0.05, 0) is 20.3 Å². The summed E-state index contributed by atoms with van der Waals surface area (Å²) in [5.41, 5.74) is 4.70. The van der Waals surface area contributed by atoms with E-state index in [-0.39, 0.29) is 18.6 Å². The van der Waals surface area contributed by atoms with E-state index in [0.717, 1.165) is 0 Å². The minimum Gasteiger partial charge on any atom is -0.396 e. The second-order valence-electron chi connectivity index (χ2n) is 3.86. The van der Waals surface area contributed by atoms with E-state index in [1.54, 1.807) is 21.0 Å². The molecular weight excluding hydrogens is 184 g/mol. The third kappa shape index (κ3) is 5.16. The SMILES string of the molecule is COCC(CCO)NC(=O)C(C)(C)N. The van der Waals surface area contributed by atoms with Crippen LogP contribution in [0, 0.1) is 0 Å². The summed E-state index contributed by atoms with van der Waals surface area (Å²) >= 11 is 0. The largest absolute Gasteiger partial charge is 0.396 e. The summed E-state index contributed by atoms with van der Waals surface area (Å²) in [6, 6.07) is -0.180. The van der Waals surface area contributed by atoms with Crippen molar-refractivity contribution in [2.24, 2.45) is 5.73 Å². The molecule has 0 spiro atoms. The molecular formula is C9H20N2O3. The van der Waals surface area contributed by atoms with E-state index in [9.17, 15) is 4.79 Å². The van der Waals surface area contributed by atoms with Crippen LogP contribution in [0.25, 0.3) is 0 Å². The number of carbonyl (C=O) groups excluding carboxylic acids is 1. The average molecular weight is 204 g/mol. The van der Waals surface area contributed by atoms with Gasteiger partial charge in [-0.25, -0.2) is 0 Å². The molecule has 0 aromatic rings. The zero-order valence-corrected chi connectivity index (χ0v) is 9.04. The second kappa shape index (κ2) is 5.95. The summed E-state index contributed by atoms with van der Waals surface area (Å²) < 4.78 is 4.90. The number of nitrogens with one attached hydrogen (secondary N) is 1. The Morgan fingerprint density at radius 3 is 2.57 bits per heavy atom. The van der Waals surface area contributed by atoms with Crippen molar-refractivity contribution in [3.63, 3.8) is 0 Å². The number of rotatable bonds is 6. The first kappa shape index (κ1) is 13.4. The van der Waals surface area contributed by atoms with Crippen molar-refractivity contribution in [1.29, 1.82) is 0 Å². The van der Waals surface area contributed by atoms with Crippen LogP contribution < -0.4 is 11.1 Å². The molecule has 1 amide bonds. The number of ether oxygens (including phenoxy) is 1. The van der Waals surface area contributed by atoms with Gasteiger partial charge in [0.1, 0.15) is 0 Å². The van der Waals surface area contributed by atoms with E-state index >= 15 is 0 Å². The molecule has 0 saturated heterocycles. The Bertz CT molecular complexity index is 171. The van der Waals surface area contributed by atoms with Crippen molar-refractivity contribution in [2.75, 3.05) is 20.3 Å². The Balaban J connectivity index is 4.08. The highest BCUT2D eigenvalue weighted by Crippen LogP contribution is 1.99. The number of amides is 1. The topological polar surface area (TPSA) is 84.6 Å². The molecule has 0 saturated carbocycles. The maximum absolute atomic E-state index is 11.5. The van der Waals surface area contributed by atoms with Gasteiger partial charge in [0.05, 0.1) is 18.2 Å². The van der Waals surface area contributed by atoms with Crippen LogP contribution in [-0.2, 0) is 9.53 Å². The van der Waals surface area contributed by atoms with Gasteiger partial charge in [-0.1, -0.05) is 0 Å². The van der Waals surface area contributed by atoms with Crippen LogP contribution in [0.2, 0.25) is 0 Å². The van der Waals surface area contributed by atoms with Crippen molar-refractivity contribution in [1.82, 2.24) is 5.32 Å². The molecule has 1 unspecified atom stereocenters. The molecule has 5 nitrogen and oxygen atoms in total. The Labute approximate surface area is 84.6 Å². The lowest BCUT2D eigenvalue weighted by molar-refractivity contribution is -0.126. The summed E-state index contributed by atoms with van der Waals surface area (Å²) in [5, 5.41) is 11.5. The van der Waals surface area contributed by atoms with Crippen molar-refractivity contribution in [3.8, 4) is 0 Å². The van der Waals surface area contributed by atoms with Crippen LogP contribution in [0.3, 0.4) is 0 Å². The Morgan fingerprint density at radius 1 is 1.64 bits per heavy atom. The molecule has 1 atom stereocenters. The number of hydrogen-bond acceptors (Lipinski definition) is 4. The van der Waals surface area contributed by atoms with Crippen molar-refractivity contribution >= 4 is 5.91 Å². The fraction of sp³-hybridized carbons (Fsp3) is 0.889. The molecule has 0 fully saturated rings. The molecule has 0 aliphatic carbocycles. The predicted octanol–water partition coefficient (Wildman–Crippen LogP) is -0.763. The molecule has 0 aliphatic heterocycles. The monoisotopic (exact) mass is 204 g/mol. The quantitative estimate of drug-likeness (QED) is 0.531. The highest BCUT2D eigenvalue weighted by molar-refractivity contribution is 5.85. The van der Waals surface area contributed by atoms with E-state index < -0.39 is 5.54 Å². The first-order chi connectivity index (χ1) is 6.41. The van der Waals surface area contributed by atoms with Gasteiger partial charge < -0.3 is 20.9 Å². The minimum atomic E-state index is -0.901. The fourth-order valence-corrected chi connectivity index (χ4v) is 0.926. The lowest BCUT2D eigenvalue weighted by atomic mass is 10.1. The normalized spacial score (nSPS) is 13.8. The number of methoxy groups -OCH3 is 1. The van der Waals surface area contributed by atoms with E-state index in [0.29, 0.717) is 13.0 Å². The van der Waals surface area contributed by atoms with Gasteiger partial charge in [0.25, 0.3) is 0 Å². The number of aliphatic hydroxyl groups is 1. The van der Waals surface area contributed by atoms with Gasteiger partial charge in [0, 0.05) is 13.7 Å². The highest BCUT2D eigenvalue weighted by atomic mass is 16.5. The highest BCUT2D eigenvalue weighted by Gasteiger charge is 2.24. The third-order valence-corrected chi connectivity index (χ3v) is 1.77. The van der Waals surface area contributed by atoms with Crippen LogP contribution in [0.1, 0.15) is 20.3 Å². The van der Waals surface area contributed by atoms with Crippen LogP contribution in [0.5, 0.6) is 0 Å². The summed E-state index contributed by atoms with van der Waals surface area (Å²) in [4.78, 5) is 11.5. The molecule has 0 rings (SSSR count). The van der Waals surface area contributed by atoms with Gasteiger partial charge in [-0.15, -0.1) is 0 Å². The summed E-state index contributed by atoms with van der Waals surface area (Å²) in [7, 11) is 1.55. The molecule has 0 heterocycles. The third-order valence-electron chi connectivity index (χ3n) is 1.77. The number of nitrogens with two attached hydrogens (primary N) is 1. The maximum Gasteiger partial charge on any atom is 0.239 e. The van der Waals surface area contributed by atoms with Crippen molar-refractivity contribution < 1.29 is 14.6 Å². The Morgan fingerprint density at radius 2 is 2.21 bits per heavy atom. The molecule has 0 aliphatic rings. The number of carbonyl (C=O) groups is 1. The van der Waals surface area contributed by atoms with Crippen molar-refractivity contribution in [2.45, 2.75) is 31.8 Å². The molecule has 4 N–H and O–H groups in total. The summed E-state index contributed by atoms with van der Waals surface area (Å²) in [6.45, 7) is 3.65. The molecule has 0 radical (unpaired) electrons. The lowest BCUT2D eigenvalue weighted by Crippen LogP contribution is -2.53. The molecule has 0 aromatic carbocycles. The first-order valence-corrected chi connectivity index (χ1v) is 4.61. The van der Waals surface area contributed by atoms with Crippen LogP contribution >= 0.6 is 0 Å². The van der Waals surface area contributed by atoms with E-state index in [2.05, 4.69) is 5.32 Å². The lowest BCUT2D eigenvalue weighted by Gasteiger charge is -2.23. The van der Waals surface area contributed by atoms with Gasteiger partial charge in [0.2, 0.25) is 5.91 Å². The standard InChI is InChI=1S/C9H20N2O3/c1-9(2,10)8(13)11-7(4-5-12)6-14-3/h7,12H,4-6,10H2,1-3H3,(H,11,13). The van der Waals surface area contributed by atoms with Crippen LogP contribution in [0.4, 0.5) is 0 Å². The Kier molecular flexibility index (Phi) is 5.68. The molecule has 0 bridgehead atoms. The number of aliphatic hydroxyl groups excluding tert-OH is 1. The summed E-state index contributed by atoms with van der Waals surface area (Å²) in [6.07, 6.45) is 0.468. The fourth-order valence-electron chi connectivity index (χ4n) is 0.926. The second-order valence-corrected chi connectivity index (χ2v) is 3.86. The number of hydrogen-bond donors (Lipinski definition) is 3. The van der Waals surface area contributed by atoms with E-state index in [1.165, 1.54) is 0 Å². The molecule has 0 aromatic heterocycles. The predicted molar refractivity (Wildman–Crippen MR) is 53.8 cm³/mol. The molecule has 84 valence electrons. The van der Waals surface area contributed by atoms with Gasteiger partial charge >= 0.3 is 0 Å².